The molecule has 0 spiro atoms. The van der Waals surface area contributed by atoms with Gasteiger partial charge in [-0.2, -0.15) is 0 Å². The SMILES string of the molecule is CCc1occc1C(Cl)c1ccc(OC)c(Br)c1OC. The van der Waals surface area contributed by atoms with Crippen LogP contribution in [0.5, 0.6) is 11.5 Å². The smallest absolute Gasteiger partial charge is 0.141 e. The fourth-order valence-electron chi connectivity index (χ4n) is 2.15. The van der Waals surface area contributed by atoms with Crippen molar-refractivity contribution in [1.82, 2.24) is 0 Å². The van der Waals surface area contributed by atoms with Crippen LogP contribution >= 0.6 is 27.5 Å². The molecule has 0 aliphatic heterocycles. The van der Waals surface area contributed by atoms with Crippen LogP contribution in [-0.2, 0) is 6.42 Å². The van der Waals surface area contributed by atoms with Gasteiger partial charge in [0.05, 0.1) is 25.9 Å². The second kappa shape index (κ2) is 6.55. The van der Waals surface area contributed by atoms with Crippen molar-refractivity contribution in [2.45, 2.75) is 18.7 Å². The average molecular weight is 360 g/mol. The molecular formula is C15H16BrClO3. The first kappa shape index (κ1) is 15.3. The summed E-state index contributed by atoms with van der Waals surface area (Å²) >= 11 is 10.1. The van der Waals surface area contributed by atoms with Crippen molar-refractivity contribution in [3.8, 4) is 11.5 Å². The summed E-state index contributed by atoms with van der Waals surface area (Å²) in [6.45, 7) is 2.03. The van der Waals surface area contributed by atoms with Crippen molar-refractivity contribution in [3.63, 3.8) is 0 Å². The Morgan fingerprint density at radius 1 is 1.20 bits per heavy atom. The molecule has 1 aromatic heterocycles. The van der Waals surface area contributed by atoms with E-state index in [1.807, 2.05) is 25.1 Å². The number of ether oxygens (including phenoxy) is 2. The number of aryl methyl sites for hydroxylation is 1. The van der Waals surface area contributed by atoms with Crippen LogP contribution < -0.4 is 9.47 Å². The Morgan fingerprint density at radius 3 is 2.55 bits per heavy atom. The largest absolute Gasteiger partial charge is 0.495 e. The van der Waals surface area contributed by atoms with Gasteiger partial charge in [0.25, 0.3) is 0 Å². The van der Waals surface area contributed by atoms with Crippen molar-refractivity contribution in [1.29, 1.82) is 0 Å². The maximum absolute atomic E-state index is 6.61. The molecule has 5 heteroatoms. The summed E-state index contributed by atoms with van der Waals surface area (Å²) in [5.74, 6) is 2.27. The molecule has 0 radical (unpaired) electrons. The maximum Gasteiger partial charge on any atom is 0.141 e. The van der Waals surface area contributed by atoms with Crippen LogP contribution in [0.1, 0.15) is 29.2 Å². The van der Waals surface area contributed by atoms with Crippen LogP contribution in [-0.4, -0.2) is 14.2 Å². The van der Waals surface area contributed by atoms with Gasteiger partial charge in [-0.15, -0.1) is 11.6 Å². The van der Waals surface area contributed by atoms with Gasteiger partial charge in [0.2, 0.25) is 0 Å². The number of alkyl halides is 1. The minimum atomic E-state index is -0.333. The highest BCUT2D eigenvalue weighted by atomic mass is 79.9. The first-order valence-electron chi connectivity index (χ1n) is 6.24. The van der Waals surface area contributed by atoms with Gasteiger partial charge in [-0.05, 0) is 34.1 Å². The summed E-state index contributed by atoms with van der Waals surface area (Å²) in [5, 5.41) is -0.333. The molecular weight excluding hydrogens is 344 g/mol. The molecule has 2 aromatic rings. The zero-order valence-corrected chi connectivity index (χ0v) is 13.9. The van der Waals surface area contributed by atoms with Crippen molar-refractivity contribution < 1.29 is 13.9 Å². The molecule has 2 rings (SSSR count). The van der Waals surface area contributed by atoms with Gasteiger partial charge < -0.3 is 13.9 Å². The van der Waals surface area contributed by atoms with Crippen LogP contribution in [0, 0.1) is 0 Å². The third kappa shape index (κ3) is 2.67. The van der Waals surface area contributed by atoms with Gasteiger partial charge in [-0.1, -0.05) is 6.92 Å². The number of benzene rings is 1. The lowest BCUT2D eigenvalue weighted by molar-refractivity contribution is 0.386. The van der Waals surface area contributed by atoms with Gasteiger partial charge in [0, 0.05) is 17.5 Å². The maximum atomic E-state index is 6.61. The van der Waals surface area contributed by atoms with E-state index in [-0.39, 0.29) is 5.38 Å². The minimum Gasteiger partial charge on any atom is -0.495 e. The predicted molar refractivity (Wildman–Crippen MR) is 83.0 cm³/mol. The molecule has 0 aliphatic rings. The third-order valence-electron chi connectivity index (χ3n) is 3.16. The molecule has 0 N–H and O–H groups in total. The Bertz CT molecular complexity index is 595. The number of hydrogen-bond acceptors (Lipinski definition) is 3. The highest BCUT2D eigenvalue weighted by Crippen LogP contribution is 2.44. The van der Waals surface area contributed by atoms with Crippen LogP contribution in [0.15, 0.2) is 33.4 Å². The summed E-state index contributed by atoms with van der Waals surface area (Å²) in [6, 6.07) is 5.67. The number of halogens is 2. The van der Waals surface area contributed by atoms with E-state index >= 15 is 0 Å². The van der Waals surface area contributed by atoms with Crippen molar-refractivity contribution in [2.24, 2.45) is 0 Å². The Kier molecular flexibility index (Phi) is 5.00. The van der Waals surface area contributed by atoms with E-state index in [1.54, 1.807) is 20.5 Å². The monoisotopic (exact) mass is 358 g/mol. The summed E-state index contributed by atoms with van der Waals surface area (Å²) in [7, 11) is 3.23. The number of furan rings is 1. The summed E-state index contributed by atoms with van der Waals surface area (Å²) < 4.78 is 16.9. The van der Waals surface area contributed by atoms with Gasteiger partial charge >= 0.3 is 0 Å². The van der Waals surface area contributed by atoms with E-state index in [0.29, 0.717) is 11.5 Å². The lowest BCUT2D eigenvalue weighted by Crippen LogP contribution is -2.00. The molecule has 0 amide bonds. The molecule has 0 saturated heterocycles. The van der Waals surface area contributed by atoms with E-state index in [2.05, 4.69) is 15.9 Å². The molecule has 0 bridgehead atoms. The van der Waals surface area contributed by atoms with Gasteiger partial charge in [-0.3, -0.25) is 0 Å². The average Bonchev–Trinajstić information content (AvgIpc) is 2.94. The summed E-state index contributed by atoms with van der Waals surface area (Å²) in [5.41, 5.74) is 1.84. The van der Waals surface area contributed by atoms with Crippen molar-refractivity contribution in [2.75, 3.05) is 14.2 Å². The highest BCUT2D eigenvalue weighted by Gasteiger charge is 2.23. The first-order chi connectivity index (χ1) is 9.63. The second-order valence-corrected chi connectivity index (χ2v) is 5.45. The summed E-state index contributed by atoms with van der Waals surface area (Å²) in [6.07, 6.45) is 2.46. The van der Waals surface area contributed by atoms with Crippen LogP contribution in [0.2, 0.25) is 0 Å². The Balaban J connectivity index is 2.49. The normalized spacial score (nSPS) is 12.2. The molecule has 0 aliphatic carbocycles. The van der Waals surface area contributed by atoms with E-state index in [9.17, 15) is 0 Å². The van der Waals surface area contributed by atoms with E-state index in [0.717, 1.165) is 27.8 Å². The summed E-state index contributed by atoms with van der Waals surface area (Å²) in [4.78, 5) is 0. The zero-order valence-electron chi connectivity index (χ0n) is 11.6. The topological polar surface area (TPSA) is 31.6 Å². The van der Waals surface area contributed by atoms with E-state index in [4.69, 9.17) is 25.5 Å². The Morgan fingerprint density at radius 2 is 1.95 bits per heavy atom. The fourth-order valence-corrected chi connectivity index (χ4v) is 3.20. The molecule has 3 nitrogen and oxygen atoms in total. The molecule has 1 unspecified atom stereocenters. The number of methoxy groups -OCH3 is 2. The predicted octanol–water partition coefficient (Wildman–Crippen LogP) is 4.95. The quantitative estimate of drug-likeness (QED) is 0.708. The fraction of sp³-hybridized carbons (Fsp3) is 0.333. The van der Waals surface area contributed by atoms with Gasteiger partial charge in [0.15, 0.2) is 0 Å². The standard InChI is InChI=1S/C15H16BrClO3/c1-4-11-9(7-8-20-11)14(17)10-5-6-12(18-2)13(16)15(10)19-3/h5-8,14H,4H2,1-3H3. The molecule has 20 heavy (non-hydrogen) atoms. The third-order valence-corrected chi connectivity index (χ3v) is 4.38. The lowest BCUT2D eigenvalue weighted by Gasteiger charge is -2.17. The zero-order chi connectivity index (χ0) is 14.7. The van der Waals surface area contributed by atoms with Crippen molar-refractivity contribution >= 4 is 27.5 Å². The molecule has 0 fully saturated rings. The first-order valence-corrected chi connectivity index (χ1v) is 7.47. The number of rotatable bonds is 5. The van der Waals surface area contributed by atoms with Crippen molar-refractivity contribution in [3.05, 3.63) is 45.8 Å². The van der Waals surface area contributed by atoms with E-state index < -0.39 is 0 Å². The van der Waals surface area contributed by atoms with Crippen LogP contribution in [0.25, 0.3) is 0 Å². The molecule has 108 valence electrons. The van der Waals surface area contributed by atoms with Crippen LogP contribution in [0.4, 0.5) is 0 Å². The van der Waals surface area contributed by atoms with Gasteiger partial charge in [0.1, 0.15) is 21.7 Å². The molecule has 1 heterocycles. The molecule has 0 saturated carbocycles. The molecule has 1 atom stereocenters. The Labute approximate surface area is 132 Å². The Hall–Kier alpha value is -1.13. The minimum absolute atomic E-state index is 0.333. The van der Waals surface area contributed by atoms with Crippen LogP contribution in [0.3, 0.4) is 0 Å². The highest BCUT2D eigenvalue weighted by molar-refractivity contribution is 9.10. The molecule has 1 aromatic carbocycles. The van der Waals surface area contributed by atoms with E-state index in [1.165, 1.54) is 0 Å². The second-order valence-electron chi connectivity index (χ2n) is 4.22. The lowest BCUT2D eigenvalue weighted by atomic mass is 10.0. The number of hydrogen-bond donors (Lipinski definition) is 0. The van der Waals surface area contributed by atoms with Gasteiger partial charge in [-0.25, -0.2) is 0 Å².